The molecule has 3 nitrogen and oxygen atoms in total. The van der Waals surface area contributed by atoms with Crippen molar-refractivity contribution in [2.45, 2.75) is 117 Å². The van der Waals surface area contributed by atoms with E-state index >= 15 is 0 Å². The summed E-state index contributed by atoms with van der Waals surface area (Å²) in [7, 11) is 0. The van der Waals surface area contributed by atoms with Crippen LogP contribution in [0.4, 0.5) is 0 Å². The van der Waals surface area contributed by atoms with Crippen LogP contribution in [-0.4, -0.2) is 22.3 Å². The third-order valence-corrected chi connectivity index (χ3v) is 3.81. The molecule has 0 aliphatic carbocycles. The summed E-state index contributed by atoms with van der Waals surface area (Å²) in [4.78, 5) is 9.45. The molecular weight excluding hydrogens is 276 g/mol. The Bertz CT molecular complexity index is 201. The summed E-state index contributed by atoms with van der Waals surface area (Å²) in [6, 6.07) is 0. The number of aliphatic hydroxyl groups is 1. The third-order valence-electron chi connectivity index (χ3n) is 3.81. The Balaban J connectivity index is 0. The average molecular weight is 317 g/mol. The van der Waals surface area contributed by atoms with Gasteiger partial charge in [-0.05, 0) is 6.92 Å². The maximum absolute atomic E-state index is 9.45. The van der Waals surface area contributed by atoms with Gasteiger partial charge in [0.15, 0.2) is 0 Å². The summed E-state index contributed by atoms with van der Waals surface area (Å²) < 4.78 is 0. The molecule has 2 N–H and O–H groups in total. The molecule has 0 spiro atoms. The number of hydrogen-bond acceptors (Lipinski definition) is 2. The predicted molar refractivity (Wildman–Crippen MR) is 95.3 cm³/mol. The molecule has 0 bridgehead atoms. The van der Waals surface area contributed by atoms with E-state index in [0.29, 0.717) is 0 Å². The van der Waals surface area contributed by atoms with Crippen LogP contribution >= 0.6 is 0 Å². The van der Waals surface area contributed by atoms with Crippen LogP contribution in [0.15, 0.2) is 0 Å². The average Bonchev–Trinajstić information content (AvgIpc) is 2.49. The highest BCUT2D eigenvalue weighted by Crippen LogP contribution is 2.12. The lowest BCUT2D eigenvalue weighted by Gasteiger charge is -2.02. The van der Waals surface area contributed by atoms with Crippen molar-refractivity contribution < 1.29 is 15.0 Å². The summed E-state index contributed by atoms with van der Waals surface area (Å²) in [6.07, 6.45) is 19.2. The molecular formula is C19H40O3. The fourth-order valence-corrected chi connectivity index (χ4v) is 2.27. The SMILES string of the molecule is CC(O)C(=O)O.CCCCCCCCCCCCCCCC. The molecule has 0 saturated carbocycles. The quantitative estimate of drug-likeness (QED) is 0.390. The maximum atomic E-state index is 9.45. The van der Waals surface area contributed by atoms with Crippen LogP contribution in [0.3, 0.4) is 0 Å². The molecule has 134 valence electrons. The van der Waals surface area contributed by atoms with Gasteiger partial charge in [-0.2, -0.15) is 0 Å². The smallest absolute Gasteiger partial charge is 0.332 e. The lowest BCUT2D eigenvalue weighted by Crippen LogP contribution is -2.13. The Hall–Kier alpha value is -0.570. The molecule has 0 aliphatic heterocycles. The highest BCUT2D eigenvalue weighted by atomic mass is 16.4. The molecule has 22 heavy (non-hydrogen) atoms. The zero-order chi connectivity index (χ0) is 17.1. The monoisotopic (exact) mass is 316 g/mol. The highest BCUT2D eigenvalue weighted by molar-refractivity contribution is 5.71. The fraction of sp³-hybridized carbons (Fsp3) is 0.947. The highest BCUT2D eigenvalue weighted by Gasteiger charge is 2.01. The summed E-state index contributed by atoms with van der Waals surface area (Å²) in [5, 5.41) is 15.8. The van der Waals surface area contributed by atoms with E-state index in [4.69, 9.17) is 10.2 Å². The Morgan fingerprint density at radius 3 is 1.00 bits per heavy atom. The van der Waals surface area contributed by atoms with E-state index in [-0.39, 0.29) is 0 Å². The molecule has 1 unspecified atom stereocenters. The Kier molecular flexibility index (Phi) is 22.0. The van der Waals surface area contributed by atoms with Crippen LogP contribution in [0, 0.1) is 0 Å². The molecule has 0 aliphatic rings. The van der Waals surface area contributed by atoms with Crippen LogP contribution in [0.1, 0.15) is 111 Å². The number of carboxylic acids is 1. The van der Waals surface area contributed by atoms with E-state index in [1.54, 1.807) is 0 Å². The van der Waals surface area contributed by atoms with Crippen LogP contribution < -0.4 is 0 Å². The Morgan fingerprint density at radius 2 is 0.864 bits per heavy atom. The first-order valence-electron chi connectivity index (χ1n) is 9.47. The molecule has 0 amide bonds. The van der Waals surface area contributed by atoms with Crippen molar-refractivity contribution in [1.82, 2.24) is 0 Å². The zero-order valence-corrected chi connectivity index (χ0v) is 15.3. The van der Waals surface area contributed by atoms with Gasteiger partial charge in [0.2, 0.25) is 0 Å². The van der Waals surface area contributed by atoms with Crippen molar-refractivity contribution in [3.8, 4) is 0 Å². The van der Waals surface area contributed by atoms with Gasteiger partial charge in [-0.3, -0.25) is 0 Å². The molecule has 0 radical (unpaired) electrons. The third kappa shape index (κ3) is 24.4. The Morgan fingerprint density at radius 1 is 0.682 bits per heavy atom. The van der Waals surface area contributed by atoms with Gasteiger partial charge in [-0.1, -0.05) is 104 Å². The number of carboxylic acid groups (broad SMARTS) is 1. The van der Waals surface area contributed by atoms with E-state index in [1.807, 2.05) is 0 Å². The van der Waals surface area contributed by atoms with Crippen molar-refractivity contribution in [1.29, 1.82) is 0 Å². The van der Waals surface area contributed by atoms with Gasteiger partial charge in [0.25, 0.3) is 0 Å². The zero-order valence-electron chi connectivity index (χ0n) is 15.3. The van der Waals surface area contributed by atoms with E-state index < -0.39 is 12.1 Å². The molecule has 0 fully saturated rings. The molecule has 0 aromatic rings. The van der Waals surface area contributed by atoms with Gasteiger partial charge in [0, 0.05) is 0 Å². The minimum atomic E-state index is -1.23. The van der Waals surface area contributed by atoms with Gasteiger partial charge in [0.1, 0.15) is 6.10 Å². The minimum Gasteiger partial charge on any atom is -0.479 e. The first-order chi connectivity index (χ1) is 10.6. The topological polar surface area (TPSA) is 57.5 Å². The lowest BCUT2D eigenvalue weighted by molar-refractivity contribution is -0.145. The van der Waals surface area contributed by atoms with Crippen LogP contribution in [0.5, 0.6) is 0 Å². The van der Waals surface area contributed by atoms with Crippen LogP contribution in [0.25, 0.3) is 0 Å². The molecule has 0 saturated heterocycles. The maximum Gasteiger partial charge on any atom is 0.332 e. The fourth-order valence-electron chi connectivity index (χ4n) is 2.27. The largest absolute Gasteiger partial charge is 0.479 e. The summed E-state index contributed by atoms with van der Waals surface area (Å²) in [6.45, 7) is 5.78. The number of unbranched alkanes of at least 4 members (excludes halogenated alkanes) is 13. The first-order valence-corrected chi connectivity index (χ1v) is 9.47. The number of aliphatic carboxylic acids is 1. The van der Waals surface area contributed by atoms with E-state index in [9.17, 15) is 4.79 Å². The van der Waals surface area contributed by atoms with Gasteiger partial charge in [-0.15, -0.1) is 0 Å². The van der Waals surface area contributed by atoms with Crippen molar-refractivity contribution in [2.24, 2.45) is 0 Å². The normalized spacial score (nSPS) is 11.6. The second kappa shape index (κ2) is 20.4. The van der Waals surface area contributed by atoms with Crippen molar-refractivity contribution >= 4 is 5.97 Å². The van der Waals surface area contributed by atoms with Crippen LogP contribution in [0.2, 0.25) is 0 Å². The van der Waals surface area contributed by atoms with Crippen molar-refractivity contribution in [2.75, 3.05) is 0 Å². The van der Waals surface area contributed by atoms with Gasteiger partial charge < -0.3 is 10.2 Å². The van der Waals surface area contributed by atoms with E-state index in [0.717, 1.165) is 0 Å². The van der Waals surface area contributed by atoms with E-state index in [2.05, 4.69) is 13.8 Å². The molecule has 0 aromatic carbocycles. The Labute approximate surface area is 138 Å². The molecule has 0 aromatic heterocycles. The van der Waals surface area contributed by atoms with E-state index in [1.165, 1.54) is 96.8 Å². The second-order valence-corrected chi connectivity index (χ2v) is 6.26. The molecule has 3 heteroatoms. The summed E-state index contributed by atoms with van der Waals surface area (Å²) >= 11 is 0. The number of hydrogen-bond donors (Lipinski definition) is 2. The second-order valence-electron chi connectivity index (χ2n) is 6.26. The van der Waals surface area contributed by atoms with Gasteiger partial charge >= 0.3 is 5.97 Å². The number of carbonyl (C=O) groups is 1. The first kappa shape index (κ1) is 23.7. The number of rotatable bonds is 14. The minimum absolute atomic E-state index is 1.19. The van der Waals surface area contributed by atoms with Gasteiger partial charge in [-0.25, -0.2) is 4.79 Å². The molecule has 0 heterocycles. The standard InChI is InChI=1S/C16H34.C3H6O3/c1-3-5-7-9-11-13-15-16-14-12-10-8-6-4-2;1-2(4)3(5)6/h3-16H2,1-2H3;2,4H,1H3,(H,5,6). The summed E-state index contributed by atoms with van der Waals surface area (Å²) in [5.41, 5.74) is 0. The number of aliphatic hydroxyl groups excluding tert-OH is 1. The van der Waals surface area contributed by atoms with Crippen LogP contribution in [-0.2, 0) is 4.79 Å². The predicted octanol–water partition coefficient (Wildman–Crippen LogP) is 5.94. The van der Waals surface area contributed by atoms with Gasteiger partial charge in [0.05, 0.1) is 0 Å². The lowest BCUT2D eigenvalue weighted by atomic mass is 10.0. The van der Waals surface area contributed by atoms with Crippen molar-refractivity contribution in [3.63, 3.8) is 0 Å². The van der Waals surface area contributed by atoms with Crippen molar-refractivity contribution in [3.05, 3.63) is 0 Å². The molecule has 1 atom stereocenters. The molecule has 0 rings (SSSR count). The summed E-state index contributed by atoms with van der Waals surface area (Å²) in [5.74, 6) is -1.19.